The second-order valence-electron chi connectivity index (χ2n) is 4.67. The minimum Gasteiger partial charge on any atom is -0.396 e. The topological polar surface area (TPSA) is 40.5 Å². The summed E-state index contributed by atoms with van der Waals surface area (Å²) in [6.45, 7) is 6.52. The summed E-state index contributed by atoms with van der Waals surface area (Å²) in [4.78, 5) is 0. The van der Waals surface area contributed by atoms with Crippen molar-refractivity contribution in [3.8, 4) is 0 Å². The van der Waals surface area contributed by atoms with Crippen molar-refractivity contribution in [1.82, 2.24) is 0 Å². The fourth-order valence-electron chi connectivity index (χ4n) is 1.30. The SMILES string of the molecule is CC(C)(C)[CH]C(O)CCCCCO. The molecule has 1 radical (unpaired) electrons. The van der Waals surface area contributed by atoms with E-state index in [-0.39, 0.29) is 18.1 Å². The molecule has 2 nitrogen and oxygen atoms in total. The third-order valence-corrected chi connectivity index (χ3v) is 1.85. The van der Waals surface area contributed by atoms with Gasteiger partial charge in [-0.05, 0) is 24.7 Å². The van der Waals surface area contributed by atoms with E-state index in [0.717, 1.165) is 25.7 Å². The molecule has 2 heteroatoms. The molecule has 0 rings (SSSR count). The maximum Gasteiger partial charge on any atom is 0.0577 e. The summed E-state index contributed by atoms with van der Waals surface area (Å²) in [5.41, 5.74) is 0.0936. The van der Waals surface area contributed by atoms with Gasteiger partial charge in [-0.1, -0.05) is 33.6 Å². The predicted octanol–water partition coefficient (Wildman–Crippen LogP) is 2.15. The van der Waals surface area contributed by atoms with Crippen molar-refractivity contribution in [1.29, 1.82) is 0 Å². The fraction of sp³-hybridized carbons (Fsp3) is 0.909. The van der Waals surface area contributed by atoms with E-state index in [9.17, 15) is 5.11 Å². The molecule has 1 unspecified atom stereocenters. The van der Waals surface area contributed by atoms with Crippen LogP contribution in [-0.2, 0) is 0 Å². The van der Waals surface area contributed by atoms with Gasteiger partial charge in [0.15, 0.2) is 0 Å². The van der Waals surface area contributed by atoms with Crippen LogP contribution in [0.15, 0.2) is 0 Å². The molecule has 0 aromatic heterocycles. The summed E-state index contributed by atoms with van der Waals surface area (Å²) in [6.07, 6.45) is 5.35. The van der Waals surface area contributed by atoms with Crippen LogP contribution in [0.3, 0.4) is 0 Å². The molecular formula is C11H23O2. The van der Waals surface area contributed by atoms with Gasteiger partial charge in [-0.3, -0.25) is 0 Å². The average molecular weight is 187 g/mol. The third-order valence-electron chi connectivity index (χ3n) is 1.85. The van der Waals surface area contributed by atoms with E-state index in [1.807, 2.05) is 6.42 Å². The largest absolute Gasteiger partial charge is 0.396 e. The lowest BCUT2D eigenvalue weighted by atomic mass is 9.87. The zero-order valence-electron chi connectivity index (χ0n) is 9.08. The van der Waals surface area contributed by atoms with Crippen LogP contribution in [0.25, 0.3) is 0 Å². The van der Waals surface area contributed by atoms with Gasteiger partial charge in [0.25, 0.3) is 0 Å². The predicted molar refractivity (Wildman–Crippen MR) is 55.3 cm³/mol. The normalized spacial score (nSPS) is 14.5. The molecule has 2 N–H and O–H groups in total. The van der Waals surface area contributed by atoms with Crippen molar-refractivity contribution in [3.05, 3.63) is 6.42 Å². The molecule has 0 aliphatic heterocycles. The summed E-state index contributed by atoms with van der Waals surface area (Å²) in [6, 6.07) is 0. The van der Waals surface area contributed by atoms with Gasteiger partial charge in [-0.15, -0.1) is 0 Å². The van der Waals surface area contributed by atoms with Gasteiger partial charge in [0.05, 0.1) is 6.10 Å². The van der Waals surface area contributed by atoms with Gasteiger partial charge >= 0.3 is 0 Å². The molecule has 0 aliphatic carbocycles. The van der Waals surface area contributed by atoms with Gasteiger partial charge in [-0.25, -0.2) is 0 Å². The average Bonchev–Trinajstić information content (AvgIpc) is 1.94. The minimum atomic E-state index is -0.293. The van der Waals surface area contributed by atoms with Crippen LogP contribution in [0.2, 0.25) is 0 Å². The van der Waals surface area contributed by atoms with Crippen LogP contribution in [0.5, 0.6) is 0 Å². The van der Waals surface area contributed by atoms with E-state index in [4.69, 9.17) is 5.11 Å². The molecule has 0 saturated carbocycles. The number of hydrogen-bond donors (Lipinski definition) is 2. The van der Waals surface area contributed by atoms with Gasteiger partial charge in [0, 0.05) is 6.61 Å². The Bertz CT molecular complexity index is 116. The van der Waals surface area contributed by atoms with Crippen molar-refractivity contribution in [2.45, 2.75) is 52.6 Å². The third kappa shape index (κ3) is 9.84. The number of rotatable bonds is 6. The molecule has 0 aromatic rings. The quantitative estimate of drug-likeness (QED) is 0.625. The first-order valence-electron chi connectivity index (χ1n) is 5.10. The lowest BCUT2D eigenvalue weighted by molar-refractivity contribution is 0.165. The van der Waals surface area contributed by atoms with Gasteiger partial charge in [0.2, 0.25) is 0 Å². The summed E-state index contributed by atoms with van der Waals surface area (Å²) >= 11 is 0. The van der Waals surface area contributed by atoms with Crippen LogP contribution in [0, 0.1) is 11.8 Å². The minimum absolute atomic E-state index is 0.0936. The molecule has 79 valence electrons. The molecule has 13 heavy (non-hydrogen) atoms. The Kier molecular flexibility index (Phi) is 6.35. The second-order valence-corrected chi connectivity index (χ2v) is 4.67. The van der Waals surface area contributed by atoms with E-state index in [0.29, 0.717) is 0 Å². The van der Waals surface area contributed by atoms with Crippen LogP contribution < -0.4 is 0 Å². The molecule has 0 heterocycles. The van der Waals surface area contributed by atoms with Gasteiger partial charge in [-0.2, -0.15) is 0 Å². The van der Waals surface area contributed by atoms with Gasteiger partial charge in [0.1, 0.15) is 0 Å². The molecular weight excluding hydrogens is 164 g/mol. The monoisotopic (exact) mass is 187 g/mol. The molecule has 0 spiro atoms. The first-order valence-corrected chi connectivity index (χ1v) is 5.10. The van der Waals surface area contributed by atoms with Crippen LogP contribution in [0.1, 0.15) is 46.5 Å². The van der Waals surface area contributed by atoms with E-state index >= 15 is 0 Å². The lowest BCUT2D eigenvalue weighted by Gasteiger charge is -2.21. The highest BCUT2D eigenvalue weighted by molar-refractivity contribution is 4.87. The van der Waals surface area contributed by atoms with Gasteiger partial charge < -0.3 is 10.2 Å². The number of hydrogen-bond acceptors (Lipinski definition) is 2. The first kappa shape index (κ1) is 12.9. The Hall–Kier alpha value is -0.0800. The second kappa shape index (κ2) is 6.39. The summed E-state index contributed by atoms with van der Waals surface area (Å²) in [5, 5.41) is 18.1. The Morgan fingerprint density at radius 1 is 1.15 bits per heavy atom. The van der Waals surface area contributed by atoms with Crippen LogP contribution >= 0.6 is 0 Å². The number of aliphatic hydroxyl groups excluding tert-OH is 2. The van der Waals surface area contributed by atoms with E-state index in [1.165, 1.54) is 0 Å². The molecule has 0 aromatic carbocycles. The summed E-state index contributed by atoms with van der Waals surface area (Å²) in [5.74, 6) is 0. The van der Waals surface area contributed by atoms with Crippen LogP contribution in [0.4, 0.5) is 0 Å². The first-order chi connectivity index (χ1) is 5.95. The smallest absolute Gasteiger partial charge is 0.0577 e. The maximum atomic E-state index is 9.57. The van der Waals surface area contributed by atoms with E-state index in [1.54, 1.807) is 0 Å². The fourth-order valence-corrected chi connectivity index (χ4v) is 1.30. The van der Waals surface area contributed by atoms with Crippen molar-refractivity contribution < 1.29 is 10.2 Å². The lowest BCUT2D eigenvalue weighted by Crippen LogP contribution is -2.18. The molecule has 0 fully saturated rings. The summed E-state index contributed by atoms with van der Waals surface area (Å²) < 4.78 is 0. The van der Waals surface area contributed by atoms with Crippen LogP contribution in [-0.4, -0.2) is 22.9 Å². The highest BCUT2D eigenvalue weighted by Crippen LogP contribution is 2.21. The Balaban J connectivity index is 3.35. The Morgan fingerprint density at radius 2 is 1.77 bits per heavy atom. The van der Waals surface area contributed by atoms with Crippen molar-refractivity contribution in [2.24, 2.45) is 5.41 Å². The van der Waals surface area contributed by atoms with Crippen molar-refractivity contribution >= 4 is 0 Å². The maximum absolute atomic E-state index is 9.57. The molecule has 0 amide bonds. The number of unbranched alkanes of at least 4 members (excludes halogenated alkanes) is 2. The zero-order chi connectivity index (χ0) is 10.3. The van der Waals surface area contributed by atoms with Crippen molar-refractivity contribution in [3.63, 3.8) is 0 Å². The molecule has 1 atom stereocenters. The highest BCUT2D eigenvalue weighted by Gasteiger charge is 2.16. The zero-order valence-corrected chi connectivity index (χ0v) is 9.08. The van der Waals surface area contributed by atoms with Crippen molar-refractivity contribution in [2.75, 3.05) is 6.61 Å². The molecule has 0 saturated heterocycles. The Morgan fingerprint density at radius 3 is 2.23 bits per heavy atom. The standard InChI is InChI=1S/C11H23O2/c1-11(2,3)9-10(13)7-5-4-6-8-12/h9-10,12-13H,4-8H2,1-3H3. The number of aliphatic hydroxyl groups is 2. The summed E-state index contributed by atoms with van der Waals surface area (Å²) in [7, 11) is 0. The van der Waals surface area contributed by atoms with E-state index in [2.05, 4.69) is 20.8 Å². The highest BCUT2D eigenvalue weighted by atomic mass is 16.3. The van der Waals surface area contributed by atoms with E-state index < -0.39 is 0 Å². The molecule has 0 bridgehead atoms. The molecule has 0 aliphatic rings. The Labute approximate surface area is 82.0 Å².